The Morgan fingerprint density at radius 1 is 0.649 bits per heavy atom. The molecular weight excluding hydrogens is 496 g/mol. The zero-order chi connectivity index (χ0) is 26.4. The average molecular weight is 541 g/mol. The summed E-state index contributed by atoms with van der Waals surface area (Å²) in [4.78, 5) is 0. The summed E-state index contributed by atoms with van der Waals surface area (Å²) < 4.78 is 0. The van der Waals surface area contributed by atoms with Crippen LogP contribution in [0.15, 0.2) is 97.1 Å². The van der Waals surface area contributed by atoms with Crippen molar-refractivity contribution in [3.63, 3.8) is 0 Å². The summed E-state index contributed by atoms with van der Waals surface area (Å²) in [5.41, 5.74) is 9.89. The largest absolute Gasteiger partial charge is 4.00 e. The molecule has 0 N–H and O–H groups in total. The summed E-state index contributed by atoms with van der Waals surface area (Å²) in [6, 6.07) is 33.5. The number of hydrogen-bond donors (Lipinski definition) is 0. The smallest absolute Gasteiger partial charge is 0.207 e. The molecule has 192 valence electrons. The van der Waals surface area contributed by atoms with Gasteiger partial charge in [0, 0.05) is 8.07 Å². The van der Waals surface area contributed by atoms with E-state index in [1.54, 1.807) is 22.3 Å². The molecule has 0 atom stereocenters. The molecule has 4 aromatic carbocycles. The van der Waals surface area contributed by atoms with Crippen LogP contribution < -0.4 is 0 Å². The molecule has 0 unspecified atom stereocenters. The van der Waals surface area contributed by atoms with Crippen molar-refractivity contribution >= 4 is 8.07 Å². The van der Waals surface area contributed by atoms with E-state index in [0.29, 0.717) is 0 Å². The third kappa shape index (κ3) is 13.6. The predicted molar refractivity (Wildman–Crippen MR) is 163 cm³/mol. The molecule has 0 saturated carbocycles. The molecule has 0 bridgehead atoms. The normalized spacial score (nSPS) is 11.6. The molecular formula is C35H44SiTi. The maximum absolute atomic E-state index is 3.72. The van der Waals surface area contributed by atoms with Gasteiger partial charge in [-0.25, -0.2) is 6.07 Å². The van der Waals surface area contributed by atoms with Gasteiger partial charge in [-0.3, -0.25) is 0 Å². The fourth-order valence-electron chi connectivity index (χ4n) is 4.22. The summed E-state index contributed by atoms with van der Waals surface area (Å²) in [6.07, 6.45) is 5.49. The van der Waals surface area contributed by atoms with Crippen LogP contribution in [0.5, 0.6) is 0 Å². The van der Waals surface area contributed by atoms with Crippen molar-refractivity contribution in [3.8, 4) is 0 Å². The molecule has 1 aliphatic carbocycles. The third-order valence-electron chi connectivity index (χ3n) is 6.04. The van der Waals surface area contributed by atoms with Gasteiger partial charge in [-0.1, -0.05) is 76.5 Å². The molecule has 0 fully saturated rings. The Hall–Kier alpha value is -2.45. The van der Waals surface area contributed by atoms with Gasteiger partial charge in [0.2, 0.25) is 0 Å². The van der Waals surface area contributed by atoms with E-state index in [1.165, 1.54) is 31.7 Å². The summed E-state index contributed by atoms with van der Waals surface area (Å²) in [7, 11) is -0.944. The first-order chi connectivity index (χ1) is 17.2. The van der Waals surface area contributed by atoms with E-state index in [1.807, 2.05) is 91.0 Å². The number of fused-ring (bicyclic) bond motifs is 1. The fraction of sp³-hybridized carbons (Fsp3) is 0.257. The monoisotopic (exact) mass is 540 g/mol. The SMILES string of the molecule is C[c-]1c(C[Si](C)(C)C)cc2c1CCCC2.[CH2-]c1ccccc1.[CH2-]c1ccccc1.[CH2-]c1ccccc1.[Ti+4]. The van der Waals surface area contributed by atoms with E-state index in [2.05, 4.69) is 53.4 Å². The Morgan fingerprint density at radius 2 is 1.03 bits per heavy atom. The molecule has 0 heterocycles. The first-order valence-corrected chi connectivity index (χ1v) is 16.7. The standard InChI is InChI=1S/C14H23Si.3C7H7.Ti/c1-11-13(10-15(2,3)4)9-12-7-5-6-8-14(11)12;3*1-7-5-3-2-4-6-7;/h9H,5-8,10H2,1-4H3;3*2-6H,1H2;/q4*-1;+4. The van der Waals surface area contributed by atoms with E-state index in [-0.39, 0.29) is 21.7 Å². The molecule has 37 heavy (non-hydrogen) atoms. The molecule has 5 rings (SSSR count). The Balaban J connectivity index is 0.000000264. The first kappa shape index (κ1) is 32.6. The summed E-state index contributed by atoms with van der Waals surface area (Å²) in [5.74, 6) is 0. The van der Waals surface area contributed by atoms with Crippen LogP contribution in [-0.4, -0.2) is 8.07 Å². The van der Waals surface area contributed by atoms with Gasteiger partial charge in [0.15, 0.2) is 0 Å². The van der Waals surface area contributed by atoms with Gasteiger partial charge in [0.25, 0.3) is 0 Å². The van der Waals surface area contributed by atoms with Crippen molar-refractivity contribution in [2.24, 2.45) is 0 Å². The average Bonchev–Trinajstić information content (AvgIpc) is 3.16. The zero-order valence-electron chi connectivity index (χ0n) is 23.4. The fourth-order valence-corrected chi connectivity index (χ4v) is 5.73. The second-order valence-electron chi connectivity index (χ2n) is 10.7. The van der Waals surface area contributed by atoms with Crippen LogP contribution in [0.1, 0.15) is 51.8 Å². The summed E-state index contributed by atoms with van der Waals surface area (Å²) >= 11 is 0. The maximum atomic E-state index is 3.72. The van der Waals surface area contributed by atoms with Crippen molar-refractivity contribution < 1.29 is 21.7 Å². The van der Waals surface area contributed by atoms with Crippen LogP contribution in [0.25, 0.3) is 0 Å². The molecule has 0 aromatic heterocycles. The van der Waals surface area contributed by atoms with E-state index >= 15 is 0 Å². The topological polar surface area (TPSA) is 0 Å². The van der Waals surface area contributed by atoms with E-state index in [0.717, 1.165) is 16.7 Å². The Bertz CT molecular complexity index is 1020. The molecule has 0 aliphatic heterocycles. The van der Waals surface area contributed by atoms with Crippen molar-refractivity contribution in [2.75, 3.05) is 0 Å². The van der Waals surface area contributed by atoms with Gasteiger partial charge in [-0.2, -0.15) is 96.1 Å². The first-order valence-electron chi connectivity index (χ1n) is 13.0. The summed E-state index contributed by atoms with van der Waals surface area (Å²) in [6.45, 7) is 20.9. The maximum Gasteiger partial charge on any atom is 4.00 e. The minimum Gasteiger partial charge on any atom is -0.207 e. The Labute approximate surface area is 243 Å². The van der Waals surface area contributed by atoms with Crippen LogP contribution >= 0.6 is 0 Å². The van der Waals surface area contributed by atoms with E-state index < -0.39 is 8.07 Å². The minimum atomic E-state index is -0.944. The molecule has 0 nitrogen and oxygen atoms in total. The van der Waals surface area contributed by atoms with E-state index in [9.17, 15) is 0 Å². The summed E-state index contributed by atoms with van der Waals surface area (Å²) in [5, 5.41) is 0. The molecule has 1 aliphatic rings. The number of benzene rings is 3. The minimum absolute atomic E-state index is 0. The van der Waals surface area contributed by atoms with Crippen molar-refractivity contribution in [1.29, 1.82) is 0 Å². The van der Waals surface area contributed by atoms with Crippen LogP contribution in [0, 0.1) is 27.7 Å². The number of aryl methyl sites for hydroxylation is 1. The van der Waals surface area contributed by atoms with Crippen LogP contribution in [-0.2, 0) is 40.6 Å². The van der Waals surface area contributed by atoms with Crippen molar-refractivity contribution in [3.05, 3.63) is 157 Å². The second-order valence-corrected chi connectivity index (χ2v) is 16.2. The number of rotatable bonds is 2. The zero-order valence-corrected chi connectivity index (χ0v) is 26.0. The van der Waals surface area contributed by atoms with Crippen LogP contribution in [0.3, 0.4) is 0 Å². The van der Waals surface area contributed by atoms with Crippen LogP contribution in [0.2, 0.25) is 19.6 Å². The van der Waals surface area contributed by atoms with Gasteiger partial charge >= 0.3 is 21.7 Å². The molecule has 0 spiro atoms. The van der Waals surface area contributed by atoms with Gasteiger partial charge in [-0.05, 0) is 0 Å². The van der Waals surface area contributed by atoms with Gasteiger partial charge in [0.05, 0.1) is 0 Å². The molecule has 0 radical (unpaired) electrons. The van der Waals surface area contributed by atoms with Crippen LogP contribution in [0.4, 0.5) is 0 Å². The quantitative estimate of drug-likeness (QED) is 0.175. The Morgan fingerprint density at radius 3 is 1.32 bits per heavy atom. The van der Waals surface area contributed by atoms with Crippen molar-refractivity contribution in [2.45, 2.75) is 58.3 Å². The van der Waals surface area contributed by atoms with Gasteiger partial charge in [-0.15, -0.1) is 36.4 Å². The van der Waals surface area contributed by atoms with Crippen molar-refractivity contribution in [1.82, 2.24) is 0 Å². The number of hydrogen-bond acceptors (Lipinski definition) is 0. The third-order valence-corrected chi connectivity index (χ3v) is 7.48. The molecule has 2 heteroatoms. The molecule has 4 aromatic rings. The van der Waals surface area contributed by atoms with E-state index in [4.69, 9.17) is 0 Å². The predicted octanol–water partition coefficient (Wildman–Crippen LogP) is 9.62. The van der Waals surface area contributed by atoms with Gasteiger partial charge < -0.3 is 0 Å². The second kappa shape index (κ2) is 17.1. The molecule has 0 amide bonds. The Kier molecular flexibility index (Phi) is 15.1. The van der Waals surface area contributed by atoms with Gasteiger partial charge in [0.1, 0.15) is 0 Å². The molecule has 0 saturated heterocycles.